The summed E-state index contributed by atoms with van der Waals surface area (Å²) < 4.78 is 15.6. The number of benzene rings is 2. The van der Waals surface area contributed by atoms with Crippen LogP contribution in [0.1, 0.15) is 12.5 Å². The molecule has 7 heteroatoms. The third kappa shape index (κ3) is 5.85. The Morgan fingerprint density at radius 2 is 1.92 bits per heavy atom. The fourth-order valence-corrected chi connectivity index (χ4v) is 2.31. The van der Waals surface area contributed by atoms with E-state index in [9.17, 15) is 4.79 Å². The zero-order valence-electron chi connectivity index (χ0n) is 14.2. The third-order valence-corrected chi connectivity index (χ3v) is 3.62. The number of esters is 1. The van der Waals surface area contributed by atoms with Crippen molar-refractivity contribution in [2.24, 2.45) is 0 Å². The molecule has 0 aliphatic rings. The number of rotatable bonds is 9. The summed E-state index contributed by atoms with van der Waals surface area (Å²) in [6.45, 7) is 2.32. The summed E-state index contributed by atoms with van der Waals surface area (Å²) in [5.74, 6) is 0.434. The van der Waals surface area contributed by atoms with E-state index in [4.69, 9.17) is 25.8 Å². The zero-order chi connectivity index (χ0) is 18.1. The summed E-state index contributed by atoms with van der Waals surface area (Å²) >= 11 is 6.30. The summed E-state index contributed by atoms with van der Waals surface area (Å²) in [5.41, 5.74) is 7.95. The highest BCUT2D eigenvalue weighted by atomic mass is 35.5. The molecule has 0 aliphatic heterocycles. The fraction of sp³-hybridized carbons (Fsp3) is 0.278. The second-order valence-electron chi connectivity index (χ2n) is 5.03. The van der Waals surface area contributed by atoms with Gasteiger partial charge in [0, 0.05) is 23.3 Å². The Bertz CT molecular complexity index is 695. The van der Waals surface area contributed by atoms with Gasteiger partial charge in [0.15, 0.2) is 18.1 Å². The van der Waals surface area contributed by atoms with E-state index in [1.807, 2.05) is 30.3 Å². The molecule has 2 aromatic carbocycles. The smallest absolute Gasteiger partial charge is 0.344 e. The van der Waals surface area contributed by atoms with Gasteiger partial charge in [0.1, 0.15) is 0 Å². The number of ether oxygens (including phenoxy) is 3. The van der Waals surface area contributed by atoms with Gasteiger partial charge in [-0.05, 0) is 30.7 Å². The Labute approximate surface area is 152 Å². The highest BCUT2D eigenvalue weighted by molar-refractivity contribution is 6.31. The zero-order valence-corrected chi connectivity index (χ0v) is 14.9. The Hall–Kier alpha value is -2.44. The first-order valence-corrected chi connectivity index (χ1v) is 8.20. The number of carbonyl (C=O) groups excluding carboxylic acids is 1. The molecule has 0 bridgehead atoms. The van der Waals surface area contributed by atoms with Crippen LogP contribution in [0.5, 0.6) is 11.5 Å². The predicted octanol–water partition coefficient (Wildman–Crippen LogP) is 3.41. The number of nitrogens with one attached hydrogen (secondary N) is 2. The number of carbonyl (C=O) groups is 1. The van der Waals surface area contributed by atoms with Gasteiger partial charge in [-0.2, -0.15) is 0 Å². The largest absolute Gasteiger partial charge is 0.493 e. The van der Waals surface area contributed by atoms with Crippen molar-refractivity contribution in [3.05, 3.63) is 53.1 Å². The molecule has 0 saturated carbocycles. The Morgan fingerprint density at radius 3 is 2.60 bits per heavy atom. The van der Waals surface area contributed by atoms with Crippen molar-refractivity contribution in [2.75, 3.05) is 25.7 Å². The number of methoxy groups -OCH3 is 1. The molecule has 6 nitrogen and oxygen atoms in total. The minimum atomic E-state index is -0.446. The summed E-state index contributed by atoms with van der Waals surface area (Å²) in [5, 5.41) is 0.502. The van der Waals surface area contributed by atoms with Crippen LogP contribution in [0.3, 0.4) is 0 Å². The maximum absolute atomic E-state index is 11.4. The van der Waals surface area contributed by atoms with Gasteiger partial charge in [-0.15, -0.1) is 0 Å². The lowest BCUT2D eigenvalue weighted by Gasteiger charge is -2.14. The minimum Gasteiger partial charge on any atom is -0.493 e. The topological polar surface area (TPSA) is 68.8 Å². The molecule has 2 N–H and O–H groups in total. The molecule has 0 atom stereocenters. The van der Waals surface area contributed by atoms with Crippen LogP contribution in [0.2, 0.25) is 5.02 Å². The van der Waals surface area contributed by atoms with Gasteiger partial charge < -0.3 is 19.6 Å². The fourth-order valence-electron chi connectivity index (χ4n) is 2.09. The van der Waals surface area contributed by atoms with Gasteiger partial charge in [0.25, 0.3) is 0 Å². The lowest BCUT2D eigenvalue weighted by atomic mass is 10.2. The molecule has 0 saturated heterocycles. The van der Waals surface area contributed by atoms with Crippen LogP contribution in [0, 0.1) is 0 Å². The molecule has 2 rings (SSSR count). The van der Waals surface area contributed by atoms with E-state index in [-0.39, 0.29) is 6.61 Å². The molecule has 0 fully saturated rings. The molecule has 25 heavy (non-hydrogen) atoms. The molecular weight excluding hydrogens is 344 g/mol. The van der Waals surface area contributed by atoms with Crippen molar-refractivity contribution in [2.45, 2.75) is 13.5 Å². The highest BCUT2D eigenvalue weighted by Gasteiger charge is 2.12. The molecular formula is C18H21ClN2O4. The van der Waals surface area contributed by atoms with Crippen LogP contribution in [0.4, 0.5) is 5.69 Å². The second kappa shape index (κ2) is 9.76. The molecule has 0 heterocycles. The first-order valence-electron chi connectivity index (χ1n) is 7.82. The Morgan fingerprint density at radius 1 is 1.16 bits per heavy atom. The van der Waals surface area contributed by atoms with Crippen LogP contribution in [-0.4, -0.2) is 26.3 Å². The van der Waals surface area contributed by atoms with Gasteiger partial charge >= 0.3 is 5.97 Å². The van der Waals surface area contributed by atoms with Gasteiger partial charge in [0.05, 0.1) is 13.7 Å². The van der Waals surface area contributed by atoms with Crippen molar-refractivity contribution >= 4 is 23.3 Å². The van der Waals surface area contributed by atoms with Crippen LogP contribution in [0.15, 0.2) is 42.5 Å². The monoisotopic (exact) mass is 364 g/mol. The lowest BCUT2D eigenvalue weighted by Crippen LogP contribution is -2.21. The van der Waals surface area contributed by atoms with E-state index in [0.717, 1.165) is 11.3 Å². The van der Waals surface area contributed by atoms with E-state index < -0.39 is 5.97 Å². The Kier molecular flexibility index (Phi) is 7.37. The Balaban J connectivity index is 1.98. The van der Waals surface area contributed by atoms with E-state index in [1.165, 1.54) is 7.11 Å². The molecule has 0 radical (unpaired) electrons. The summed E-state index contributed by atoms with van der Waals surface area (Å²) in [7, 11) is 1.53. The van der Waals surface area contributed by atoms with Crippen molar-refractivity contribution in [3.63, 3.8) is 0 Å². The number of halogens is 1. The maximum Gasteiger partial charge on any atom is 0.344 e. The summed E-state index contributed by atoms with van der Waals surface area (Å²) in [6, 6.07) is 13.1. The quantitative estimate of drug-likeness (QED) is 0.525. The van der Waals surface area contributed by atoms with Crippen LogP contribution in [-0.2, 0) is 16.1 Å². The molecule has 0 aromatic heterocycles. The second-order valence-corrected chi connectivity index (χ2v) is 5.44. The average molecular weight is 365 g/mol. The van der Waals surface area contributed by atoms with E-state index >= 15 is 0 Å². The van der Waals surface area contributed by atoms with E-state index in [2.05, 4.69) is 10.9 Å². The summed E-state index contributed by atoms with van der Waals surface area (Å²) in [6.07, 6.45) is 0. The number of hydrogen-bond acceptors (Lipinski definition) is 6. The molecule has 0 unspecified atom stereocenters. The average Bonchev–Trinajstić information content (AvgIpc) is 2.62. The standard InChI is InChI=1S/C18H21ClN2O4/c1-3-24-18(22)12-25-17-10-15(19)13(9-16(17)23-2)11-20-21-14-7-5-4-6-8-14/h4-10,20-21H,3,11-12H2,1-2H3. The lowest BCUT2D eigenvalue weighted by molar-refractivity contribution is -0.145. The van der Waals surface area contributed by atoms with Crippen molar-refractivity contribution in [1.29, 1.82) is 0 Å². The number of hydrogen-bond donors (Lipinski definition) is 2. The third-order valence-electron chi connectivity index (χ3n) is 3.27. The minimum absolute atomic E-state index is 0.201. The van der Waals surface area contributed by atoms with Crippen LogP contribution in [0.25, 0.3) is 0 Å². The predicted molar refractivity (Wildman–Crippen MR) is 97.0 cm³/mol. The van der Waals surface area contributed by atoms with Crippen molar-refractivity contribution in [1.82, 2.24) is 5.43 Å². The van der Waals surface area contributed by atoms with E-state index in [0.29, 0.717) is 29.7 Å². The molecule has 134 valence electrons. The molecule has 2 aromatic rings. The normalized spacial score (nSPS) is 10.2. The van der Waals surface area contributed by atoms with Crippen LogP contribution < -0.4 is 20.3 Å². The molecule has 0 spiro atoms. The molecule has 0 aliphatic carbocycles. The van der Waals surface area contributed by atoms with Crippen molar-refractivity contribution < 1.29 is 19.0 Å². The van der Waals surface area contributed by atoms with Crippen LogP contribution >= 0.6 is 11.6 Å². The maximum atomic E-state index is 11.4. The first-order chi connectivity index (χ1) is 12.1. The van der Waals surface area contributed by atoms with Gasteiger partial charge in [-0.3, -0.25) is 0 Å². The number of hydrazine groups is 1. The number of anilines is 1. The molecule has 0 amide bonds. The van der Waals surface area contributed by atoms with E-state index in [1.54, 1.807) is 19.1 Å². The number of para-hydroxylation sites is 1. The SMILES string of the molecule is CCOC(=O)COc1cc(Cl)c(CNNc2ccccc2)cc1OC. The van der Waals surface area contributed by atoms with Gasteiger partial charge in [-0.25, -0.2) is 10.2 Å². The summed E-state index contributed by atoms with van der Waals surface area (Å²) in [4.78, 5) is 11.4. The van der Waals surface area contributed by atoms with Gasteiger partial charge in [0.2, 0.25) is 0 Å². The highest BCUT2D eigenvalue weighted by Crippen LogP contribution is 2.33. The van der Waals surface area contributed by atoms with Crippen molar-refractivity contribution in [3.8, 4) is 11.5 Å². The van der Waals surface area contributed by atoms with Gasteiger partial charge in [-0.1, -0.05) is 29.8 Å². The first kappa shape index (κ1) is 18.9.